The van der Waals surface area contributed by atoms with Gasteiger partial charge in [0.15, 0.2) is 17.2 Å². The van der Waals surface area contributed by atoms with Gasteiger partial charge in [0.1, 0.15) is 38.5 Å². The van der Waals surface area contributed by atoms with Gasteiger partial charge in [-0.3, -0.25) is 19.2 Å². The molecule has 0 heterocycles. The molecule has 0 spiro atoms. The summed E-state index contributed by atoms with van der Waals surface area (Å²) in [5.74, 6) is -2.68. The van der Waals surface area contributed by atoms with Gasteiger partial charge in [0.05, 0.1) is 39.8 Å². The van der Waals surface area contributed by atoms with Crippen LogP contribution in [0.1, 0.15) is 59.1 Å². The maximum Gasteiger partial charge on any atom is 0.407 e. The number of ether oxygens (including phenoxy) is 8. The second kappa shape index (κ2) is 24.1. The van der Waals surface area contributed by atoms with E-state index in [4.69, 9.17) is 37.9 Å². The molecule has 2 aliphatic rings. The van der Waals surface area contributed by atoms with Crippen LogP contribution in [0.15, 0.2) is 121 Å². The second-order valence-corrected chi connectivity index (χ2v) is 17.6. The van der Waals surface area contributed by atoms with Crippen LogP contribution >= 0.6 is 0 Å². The molecule has 0 aliphatic heterocycles. The fraction of sp³-hybridized carbons (Fsp3) is 0.241. The summed E-state index contributed by atoms with van der Waals surface area (Å²) < 4.78 is 44.3. The van der Waals surface area contributed by atoms with E-state index in [9.17, 15) is 28.8 Å². The minimum Gasteiger partial charge on any atom is -0.493 e. The normalized spacial score (nSPS) is 12.9. The average Bonchev–Trinajstić information content (AvgIpc) is 3.93. The zero-order valence-electron chi connectivity index (χ0n) is 42.6. The number of hydrogen-bond donors (Lipinski definition) is 4. The van der Waals surface area contributed by atoms with E-state index in [0.717, 1.165) is 58.4 Å². The van der Waals surface area contributed by atoms with Crippen molar-refractivity contribution < 1.29 is 66.7 Å². The quantitative estimate of drug-likeness (QED) is 0.0319. The first-order valence-electron chi connectivity index (χ1n) is 24.1. The van der Waals surface area contributed by atoms with Crippen LogP contribution in [-0.2, 0) is 38.1 Å². The minimum absolute atomic E-state index is 0.0157. The number of hydrogen-bond acceptors (Lipinski definition) is 14. The lowest BCUT2D eigenvalue weighted by Crippen LogP contribution is -2.47. The molecule has 18 nitrogen and oxygen atoms in total. The topological polar surface area (TPSA) is 224 Å². The second-order valence-electron chi connectivity index (χ2n) is 17.6. The van der Waals surface area contributed by atoms with Crippen molar-refractivity contribution in [2.45, 2.75) is 37.8 Å². The third-order valence-electron chi connectivity index (χ3n) is 12.8. The summed E-state index contributed by atoms with van der Waals surface area (Å²) in [6, 6.07) is 34.7. The van der Waals surface area contributed by atoms with Crippen LogP contribution in [0.4, 0.5) is 21.0 Å². The molecular weight excluding hydrogens is 977 g/mol. The van der Waals surface area contributed by atoms with Gasteiger partial charge in [-0.05, 0) is 79.9 Å². The molecule has 6 aromatic rings. The van der Waals surface area contributed by atoms with Gasteiger partial charge in [-0.15, -0.1) is 0 Å². The van der Waals surface area contributed by atoms with Crippen molar-refractivity contribution in [3.05, 3.63) is 155 Å². The number of benzene rings is 6. The van der Waals surface area contributed by atoms with E-state index in [-0.39, 0.29) is 42.2 Å². The summed E-state index contributed by atoms with van der Waals surface area (Å²) in [6.45, 7) is 1.01. The van der Waals surface area contributed by atoms with E-state index in [1.807, 2.05) is 97.1 Å². The van der Waals surface area contributed by atoms with E-state index in [2.05, 4.69) is 21.3 Å². The molecule has 18 heteroatoms. The van der Waals surface area contributed by atoms with Gasteiger partial charge >= 0.3 is 24.1 Å². The third-order valence-corrected chi connectivity index (χ3v) is 12.8. The standard InChI is InChI=1S/C58H56N4O14/c1-33(63)73-31-49(61-57(67)75-29-45-41-19-11-7-15-37(41)38-16-8-12-20-42(38)45)55(65)59-47-25-35(23-24-36-27-51(69-3)54(72-6)52(28-36)70-4)26-48(53(47)71-5)60-56(66)50(32-74-34(2)64)62-58(68)76-30-46-43-21-13-9-17-39(43)40-18-10-14-22-44(40)46/h7-28,45-46,49-50H,29-32H2,1-6H3,(H,59,65)(H,60,66)(H,61,67)(H,62,68)/b24-23-/t49-,50-/m0/s1. The molecule has 0 radical (unpaired) electrons. The van der Waals surface area contributed by atoms with E-state index < -0.39 is 61.2 Å². The minimum atomic E-state index is -1.50. The van der Waals surface area contributed by atoms with Crippen molar-refractivity contribution in [2.24, 2.45) is 0 Å². The summed E-state index contributed by atoms with van der Waals surface area (Å²) in [5, 5.41) is 10.6. The Hall–Kier alpha value is -9.32. The summed E-state index contributed by atoms with van der Waals surface area (Å²) in [7, 11) is 5.73. The smallest absolute Gasteiger partial charge is 0.407 e. The van der Waals surface area contributed by atoms with Gasteiger partial charge in [-0.25, -0.2) is 9.59 Å². The third kappa shape index (κ3) is 12.0. The number of nitrogens with one attached hydrogen (secondary N) is 4. The number of anilines is 2. The summed E-state index contributed by atoms with van der Waals surface area (Å²) >= 11 is 0. The molecule has 392 valence electrons. The van der Waals surface area contributed by atoms with E-state index in [0.29, 0.717) is 28.4 Å². The molecule has 8 rings (SSSR count). The fourth-order valence-electron chi connectivity index (χ4n) is 9.31. The van der Waals surface area contributed by atoms with Crippen LogP contribution in [0.5, 0.6) is 23.0 Å². The lowest BCUT2D eigenvalue weighted by atomic mass is 9.98. The van der Waals surface area contributed by atoms with Gasteiger partial charge in [0, 0.05) is 25.7 Å². The number of methoxy groups -OCH3 is 4. The van der Waals surface area contributed by atoms with Gasteiger partial charge in [0.2, 0.25) is 5.75 Å². The molecule has 6 aromatic carbocycles. The van der Waals surface area contributed by atoms with Crippen LogP contribution in [0, 0.1) is 0 Å². The fourth-order valence-corrected chi connectivity index (χ4v) is 9.31. The number of carbonyl (C=O) groups excluding carboxylic acids is 6. The van der Waals surface area contributed by atoms with Crippen LogP contribution in [0.2, 0.25) is 0 Å². The molecule has 2 aliphatic carbocycles. The Labute approximate surface area is 438 Å². The predicted molar refractivity (Wildman–Crippen MR) is 283 cm³/mol. The highest BCUT2D eigenvalue weighted by Crippen LogP contribution is 2.46. The largest absolute Gasteiger partial charge is 0.493 e. The molecule has 2 atom stereocenters. The van der Waals surface area contributed by atoms with Crippen molar-refractivity contribution in [1.82, 2.24) is 10.6 Å². The first kappa shape index (κ1) is 53.0. The molecule has 0 saturated carbocycles. The van der Waals surface area contributed by atoms with Crippen molar-refractivity contribution in [1.29, 1.82) is 0 Å². The van der Waals surface area contributed by atoms with Crippen LogP contribution < -0.4 is 40.2 Å². The monoisotopic (exact) mass is 1030 g/mol. The number of alkyl carbamates (subject to hydrolysis) is 2. The number of esters is 2. The van der Waals surface area contributed by atoms with Crippen molar-refractivity contribution in [3.63, 3.8) is 0 Å². The highest BCUT2D eigenvalue weighted by atomic mass is 16.6. The summed E-state index contributed by atoms with van der Waals surface area (Å²) in [6.07, 6.45) is 1.44. The molecule has 0 aromatic heterocycles. The Kier molecular flexibility index (Phi) is 16.8. The van der Waals surface area contributed by atoms with Gasteiger partial charge in [-0.1, -0.05) is 109 Å². The van der Waals surface area contributed by atoms with Crippen molar-refractivity contribution >= 4 is 59.5 Å². The predicted octanol–water partition coefficient (Wildman–Crippen LogP) is 8.71. The first-order chi connectivity index (χ1) is 36.8. The van der Waals surface area contributed by atoms with E-state index in [1.54, 1.807) is 24.3 Å². The average molecular weight is 1030 g/mol. The molecule has 0 saturated heterocycles. The molecule has 0 bridgehead atoms. The van der Waals surface area contributed by atoms with E-state index >= 15 is 0 Å². The molecule has 76 heavy (non-hydrogen) atoms. The van der Waals surface area contributed by atoms with Crippen LogP contribution in [0.3, 0.4) is 0 Å². The van der Waals surface area contributed by atoms with Gasteiger partial charge in [-0.2, -0.15) is 0 Å². The number of amides is 4. The molecular formula is C58H56N4O14. The van der Waals surface area contributed by atoms with Gasteiger partial charge in [0.25, 0.3) is 11.8 Å². The molecule has 0 fully saturated rings. The number of fused-ring (bicyclic) bond motifs is 6. The maximum atomic E-state index is 14.3. The summed E-state index contributed by atoms with van der Waals surface area (Å²) in [4.78, 5) is 79.9. The van der Waals surface area contributed by atoms with Gasteiger partial charge < -0.3 is 59.2 Å². The number of rotatable bonds is 20. The lowest BCUT2D eigenvalue weighted by Gasteiger charge is -2.22. The molecule has 4 amide bonds. The zero-order valence-corrected chi connectivity index (χ0v) is 42.6. The van der Waals surface area contributed by atoms with Crippen molar-refractivity contribution in [3.8, 4) is 45.3 Å². The zero-order chi connectivity index (χ0) is 53.9. The Morgan fingerprint density at radius 1 is 0.461 bits per heavy atom. The lowest BCUT2D eigenvalue weighted by molar-refractivity contribution is -0.143. The van der Waals surface area contributed by atoms with Crippen LogP contribution in [0.25, 0.3) is 34.4 Å². The Morgan fingerprint density at radius 2 is 0.803 bits per heavy atom. The van der Waals surface area contributed by atoms with Crippen molar-refractivity contribution in [2.75, 3.05) is 65.5 Å². The number of carbonyl (C=O) groups is 6. The Bertz CT molecular complexity index is 2920. The first-order valence-corrected chi connectivity index (χ1v) is 24.1. The Morgan fingerprint density at radius 3 is 1.13 bits per heavy atom. The SMILES string of the molecule is COc1cc(/C=C\c2cc(NC(=O)[C@H](COC(C)=O)NC(=O)OCC3c4ccccc4-c4ccccc43)c(OC)c(NC(=O)[C@H](COC(C)=O)NC(=O)OCC3c4ccccc4-c4ccccc43)c2)cc(OC)c1OC. The Balaban J connectivity index is 1.06. The maximum absolute atomic E-state index is 14.3. The molecule has 4 N–H and O–H groups in total. The van der Waals surface area contributed by atoms with E-state index in [1.165, 1.54) is 40.6 Å². The summed E-state index contributed by atoms with van der Waals surface area (Å²) in [5.41, 5.74) is 8.95. The molecule has 0 unspecified atom stereocenters. The van der Waals surface area contributed by atoms with Crippen LogP contribution in [-0.4, -0.2) is 103 Å². The highest BCUT2D eigenvalue weighted by molar-refractivity contribution is 6.03. The highest BCUT2D eigenvalue weighted by Gasteiger charge is 2.33.